The van der Waals surface area contributed by atoms with Crippen molar-refractivity contribution in [1.82, 2.24) is 4.90 Å². The number of ether oxygens (including phenoxy) is 3. The van der Waals surface area contributed by atoms with Gasteiger partial charge in [-0.2, -0.15) is 0 Å². The predicted molar refractivity (Wildman–Crippen MR) is 142 cm³/mol. The van der Waals surface area contributed by atoms with Gasteiger partial charge in [-0.1, -0.05) is 42.0 Å². The van der Waals surface area contributed by atoms with E-state index in [0.717, 1.165) is 11.1 Å². The molecule has 1 fully saturated rings. The van der Waals surface area contributed by atoms with Gasteiger partial charge < -0.3 is 14.2 Å². The Hall–Kier alpha value is -4.04. The minimum atomic E-state index is -0.443. The van der Waals surface area contributed by atoms with Crippen LogP contribution < -0.4 is 9.47 Å². The Balaban J connectivity index is 1.52. The van der Waals surface area contributed by atoms with Crippen LogP contribution in [0.2, 0.25) is 0 Å². The van der Waals surface area contributed by atoms with Crippen molar-refractivity contribution < 1.29 is 23.8 Å². The highest BCUT2D eigenvalue weighted by Gasteiger charge is 2.30. The first-order chi connectivity index (χ1) is 17.4. The summed E-state index contributed by atoms with van der Waals surface area (Å²) in [6.07, 6.45) is 1.80. The van der Waals surface area contributed by atoms with E-state index in [1.165, 1.54) is 29.3 Å². The quantitative estimate of drug-likeness (QED) is 0.309. The summed E-state index contributed by atoms with van der Waals surface area (Å²) in [5.74, 6) is 0.591. The molecule has 0 radical (unpaired) electrons. The fraction of sp³-hybridized carbons (Fsp3) is 0.179. The first-order valence-electron chi connectivity index (χ1n) is 11.2. The molecule has 184 valence electrons. The normalized spacial score (nSPS) is 15.4. The highest BCUT2D eigenvalue weighted by molar-refractivity contribution is 8.18. The Labute approximate surface area is 214 Å². The maximum Gasteiger partial charge on any atom is 0.337 e. The number of carbonyl (C=O) groups is 2. The molecule has 0 saturated carbocycles. The number of hydrogen-bond acceptors (Lipinski definition) is 7. The molecule has 0 N–H and O–H groups in total. The summed E-state index contributed by atoms with van der Waals surface area (Å²) in [4.78, 5) is 31.2. The predicted octanol–water partition coefficient (Wildman–Crippen LogP) is 5.60. The van der Waals surface area contributed by atoms with E-state index in [1.807, 2.05) is 43.3 Å². The van der Waals surface area contributed by atoms with Crippen LogP contribution in [0.4, 0.5) is 5.69 Å². The number of benzene rings is 3. The van der Waals surface area contributed by atoms with E-state index in [9.17, 15) is 9.59 Å². The van der Waals surface area contributed by atoms with Crippen molar-refractivity contribution in [3.05, 3.63) is 93.9 Å². The summed E-state index contributed by atoms with van der Waals surface area (Å²) in [5.41, 5.74) is 3.99. The van der Waals surface area contributed by atoms with Gasteiger partial charge in [-0.25, -0.2) is 9.79 Å². The number of thioether (sulfide) groups is 1. The van der Waals surface area contributed by atoms with E-state index in [0.29, 0.717) is 39.4 Å². The lowest BCUT2D eigenvalue weighted by molar-refractivity contribution is -0.121. The lowest BCUT2D eigenvalue weighted by Crippen LogP contribution is -2.23. The summed E-state index contributed by atoms with van der Waals surface area (Å²) in [6.45, 7) is 2.47. The lowest BCUT2D eigenvalue weighted by Gasteiger charge is -2.12. The number of hydrogen-bond donors (Lipinski definition) is 0. The summed E-state index contributed by atoms with van der Waals surface area (Å²) < 4.78 is 16.3. The average molecular weight is 503 g/mol. The molecule has 1 saturated heterocycles. The molecule has 0 bridgehead atoms. The minimum absolute atomic E-state index is 0.165. The molecule has 1 aliphatic heterocycles. The molecule has 0 atom stereocenters. The van der Waals surface area contributed by atoms with Crippen LogP contribution in [-0.4, -0.2) is 43.2 Å². The van der Waals surface area contributed by atoms with Crippen molar-refractivity contribution in [2.45, 2.75) is 13.5 Å². The molecule has 8 heteroatoms. The first kappa shape index (κ1) is 25.1. The summed E-state index contributed by atoms with van der Waals surface area (Å²) in [5, 5.41) is 0.512. The average Bonchev–Trinajstić information content (AvgIpc) is 3.15. The number of likely N-dealkylation sites (N-methyl/N-ethyl adjacent to an activating group) is 1. The second kappa shape index (κ2) is 11.1. The Bertz CT molecular complexity index is 1370. The van der Waals surface area contributed by atoms with Gasteiger partial charge in [0.15, 0.2) is 16.7 Å². The highest BCUT2D eigenvalue weighted by atomic mass is 32.2. The van der Waals surface area contributed by atoms with Crippen LogP contribution in [0, 0.1) is 6.92 Å². The zero-order valence-corrected chi connectivity index (χ0v) is 21.3. The van der Waals surface area contributed by atoms with Crippen LogP contribution in [0.5, 0.6) is 11.5 Å². The largest absolute Gasteiger partial charge is 0.493 e. The molecule has 3 aromatic rings. The van der Waals surface area contributed by atoms with E-state index in [4.69, 9.17) is 14.2 Å². The first-order valence-corrected chi connectivity index (χ1v) is 12.0. The summed E-state index contributed by atoms with van der Waals surface area (Å²) in [6, 6.07) is 20.5. The fourth-order valence-corrected chi connectivity index (χ4v) is 4.58. The Kier molecular flexibility index (Phi) is 7.75. The molecule has 36 heavy (non-hydrogen) atoms. The molecule has 1 aliphatic rings. The van der Waals surface area contributed by atoms with Crippen LogP contribution in [-0.2, 0) is 16.1 Å². The smallest absolute Gasteiger partial charge is 0.337 e. The van der Waals surface area contributed by atoms with Gasteiger partial charge in [0.05, 0.1) is 30.4 Å². The van der Waals surface area contributed by atoms with Gasteiger partial charge in [0, 0.05) is 7.05 Å². The standard InChI is InChI=1S/C28H26N2O5S/c1-18-7-5-8-20(13-18)17-35-23-12-11-19(14-24(23)33-3)15-25-26(31)30(2)28(36-25)29-22-10-6-9-21(16-22)27(32)34-4/h5-16H,17H2,1-4H3. The van der Waals surface area contributed by atoms with Crippen molar-refractivity contribution in [2.75, 3.05) is 21.3 Å². The molecule has 4 rings (SSSR count). The molecular weight excluding hydrogens is 476 g/mol. The van der Waals surface area contributed by atoms with Crippen LogP contribution >= 0.6 is 11.8 Å². The zero-order chi connectivity index (χ0) is 25.7. The van der Waals surface area contributed by atoms with Crippen LogP contribution in [0.1, 0.15) is 27.0 Å². The minimum Gasteiger partial charge on any atom is -0.493 e. The van der Waals surface area contributed by atoms with Crippen LogP contribution in [0.15, 0.2) is 76.6 Å². The second-order valence-electron chi connectivity index (χ2n) is 8.10. The highest BCUT2D eigenvalue weighted by Crippen LogP contribution is 2.35. The van der Waals surface area contributed by atoms with Crippen LogP contribution in [0.3, 0.4) is 0 Å². The Morgan fingerprint density at radius 3 is 2.58 bits per heavy atom. The maximum atomic E-state index is 12.9. The fourth-order valence-electron chi connectivity index (χ4n) is 3.59. The van der Waals surface area contributed by atoms with Gasteiger partial charge in [0.1, 0.15) is 6.61 Å². The molecule has 0 unspecified atom stereocenters. The number of nitrogens with zero attached hydrogens (tertiary/aromatic N) is 2. The van der Waals surface area contributed by atoms with E-state index in [2.05, 4.69) is 11.1 Å². The van der Waals surface area contributed by atoms with Gasteiger partial charge in [0.2, 0.25) is 0 Å². The van der Waals surface area contributed by atoms with E-state index < -0.39 is 5.97 Å². The maximum absolute atomic E-state index is 12.9. The van der Waals surface area contributed by atoms with Crippen molar-refractivity contribution >= 4 is 40.6 Å². The monoisotopic (exact) mass is 502 g/mol. The van der Waals surface area contributed by atoms with Crippen molar-refractivity contribution in [3.8, 4) is 11.5 Å². The Morgan fingerprint density at radius 2 is 1.83 bits per heavy atom. The van der Waals surface area contributed by atoms with Crippen molar-refractivity contribution in [1.29, 1.82) is 0 Å². The molecule has 1 heterocycles. The number of carbonyl (C=O) groups excluding carboxylic acids is 2. The number of amidine groups is 1. The molecule has 0 aromatic heterocycles. The number of amides is 1. The van der Waals surface area contributed by atoms with E-state index in [-0.39, 0.29) is 5.91 Å². The number of esters is 1. The third kappa shape index (κ3) is 5.78. The second-order valence-corrected chi connectivity index (χ2v) is 9.11. The molecule has 7 nitrogen and oxygen atoms in total. The van der Waals surface area contributed by atoms with E-state index in [1.54, 1.807) is 44.5 Å². The number of rotatable bonds is 7. The van der Waals surface area contributed by atoms with Crippen LogP contribution in [0.25, 0.3) is 6.08 Å². The van der Waals surface area contributed by atoms with Crippen molar-refractivity contribution in [2.24, 2.45) is 4.99 Å². The van der Waals surface area contributed by atoms with Gasteiger partial charge in [0.25, 0.3) is 5.91 Å². The summed E-state index contributed by atoms with van der Waals surface area (Å²) in [7, 11) is 4.58. The van der Waals surface area contributed by atoms with Gasteiger partial charge in [-0.05, 0) is 66.2 Å². The molecule has 1 amide bonds. The van der Waals surface area contributed by atoms with Crippen molar-refractivity contribution in [3.63, 3.8) is 0 Å². The molecule has 3 aromatic carbocycles. The topological polar surface area (TPSA) is 77.4 Å². The molecule has 0 aliphatic carbocycles. The number of aliphatic imine (C=N–C) groups is 1. The molecular formula is C28H26N2O5S. The third-order valence-corrected chi connectivity index (χ3v) is 6.52. The number of aryl methyl sites for hydroxylation is 1. The SMILES string of the molecule is COC(=O)c1cccc(N=C2SC(=Cc3ccc(OCc4cccc(C)c4)c(OC)c3)C(=O)N2C)c1. The summed E-state index contributed by atoms with van der Waals surface area (Å²) >= 11 is 1.26. The lowest BCUT2D eigenvalue weighted by atomic mass is 10.1. The van der Waals surface area contributed by atoms with E-state index >= 15 is 0 Å². The van der Waals surface area contributed by atoms with Gasteiger partial charge in [-0.3, -0.25) is 9.69 Å². The third-order valence-electron chi connectivity index (χ3n) is 5.46. The van der Waals surface area contributed by atoms with Gasteiger partial charge >= 0.3 is 5.97 Å². The molecule has 0 spiro atoms. The van der Waals surface area contributed by atoms with Gasteiger partial charge in [-0.15, -0.1) is 0 Å². The Morgan fingerprint density at radius 1 is 1.03 bits per heavy atom. The zero-order valence-electron chi connectivity index (χ0n) is 20.5. The number of methoxy groups -OCH3 is 2.